The van der Waals surface area contributed by atoms with Crippen molar-refractivity contribution in [2.45, 2.75) is 0 Å². The molecule has 0 saturated heterocycles. The predicted octanol–water partition coefficient (Wildman–Crippen LogP) is 4.09. The number of benzene rings is 1. The van der Waals surface area contributed by atoms with E-state index >= 15 is 0 Å². The zero-order chi connectivity index (χ0) is 15.4. The summed E-state index contributed by atoms with van der Waals surface area (Å²) in [6, 6.07) is 13.7. The fraction of sp³-hybridized carbons (Fsp3) is 0.0625. The molecule has 0 spiro atoms. The molecule has 1 aromatic carbocycles. The maximum atomic E-state index is 4.47. The number of hydrogen-bond acceptors (Lipinski definition) is 5. The highest BCUT2D eigenvalue weighted by Gasteiger charge is 2.06. The Labute approximate surface area is 137 Å². The molecule has 0 aliphatic carbocycles. The monoisotopic (exact) mass is 355 g/mol. The number of pyridine rings is 1. The van der Waals surface area contributed by atoms with Gasteiger partial charge in [0.2, 0.25) is 5.95 Å². The van der Waals surface area contributed by atoms with E-state index in [2.05, 4.69) is 41.5 Å². The Hall–Kier alpha value is -2.47. The lowest BCUT2D eigenvalue weighted by molar-refractivity contribution is 1.15. The second kappa shape index (κ2) is 6.53. The quantitative estimate of drug-likeness (QED) is 0.737. The Bertz CT molecular complexity index is 776. The van der Waals surface area contributed by atoms with Gasteiger partial charge in [0.25, 0.3) is 0 Å². The van der Waals surface area contributed by atoms with Gasteiger partial charge in [-0.1, -0.05) is 22.0 Å². The molecule has 3 aromatic rings. The summed E-state index contributed by atoms with van der Waals surface area (Å²) < 4.78 is 1.01. The lowest BCUT2D eigenvalue weighted by Crippen LogP contribution is -2.02. The van der Waals surface area contributed by atoms with Gasteiger partial charge in [-0.25, -0.2) is 4.98 Å². The van der Waals surface area contributed by atoms with Gasteiger partial charge in [0.05, 0.1) is 5.69 Å². The minimum atomic E-state index is 0.554. The Morgan fingerprint density at radius 3 is 2.68 bits per heavy atom. The fourth-order valence-electron chi connectivity index (χ4n) is 2.00. The molecule has 3 rings (SSSR count). The van der Waals surface area contributed by atoms with Crippen LogP contribution in [-0.2, 0) is 0 Å². The van der Waals surface area contributed by atoms with Crippen molar-refractivity contribution in [2.75, 3.05) is 17.7 Å². The molecule has 0 aliphatic heterocycles. The first-order valence-corrected chi connectivity index (χ1v) is 7.54. The van der Waals surface area contributed by atoms with Crippen LogP contribution in [0.5, 0.6) is 0 Å². The van der Waals surface area contributed by atoms with Gasteiger partial charge in [0.1, 0.15) is 5.82 Å². The first-order chi connectivity index (χ1) is 10.7. The first-order valence-electron chi connectivity index (χ1n) is 6.74. The van der Waals surface area contributed by atoms with Crippen LogP contribution in [-0.4, -0.2) is 22.0 Å². The lowest BCUT2D eigenvalue weighted by atomic mass is 10.2. The van der Waals surface area contributed by atoms with Gasteiger partial charge in [-0.2, -0.15) is 4.98 Å². The van der Waals surface area contributed by atoms with Crippen LogP contribution >= 0.6 is 15.9 Å². The van der Waals surface area contributed by atoms with E-state index in [1.807, 2.05) is 42.5 Å². The molecule has 2 N–H and O–H groups in total. The van der Waals surface area contributed by atoms with Gasteiger partial charge in [-0.15, -0.1) is 0 Å². The molecule has 0 bridgehead atoms. The van der Waals surface area contributed by atoms with Crippen molar-refractivity contribution in [1.29, 1.82) is 0 Å². The molecule has 110 valence electrons. The number of halogens is 1. The van der Waals surface area contributed by atoms with Gasteiger partial charge in [-0.3, -0.25) is 4.98 Å². The van der Waals surface area contributed by atoms with Crippen molar-refractivity contribution in [3.8, 4) is 11.3 Å². The zero-order valence-corrected chi connectivity index (χ0v) is 13.5. The summed E-state index contributed by atoms with van der Waals surface area (Å²) in [6.45, 7) is 0. The number of anilines is 3. The van der Waals surface area contributed by atoms with Crippen molar-refractivity contribution in [3.63, 3.8) is 0 Å². The lowest BCUT2D eigenvalue weighted by Gasteiger charge is -2.10. The number of rotatable bonds is 4. The van der Waals surface area contributed by atoms with Crippen molar-refractivity contribution in [1.82, 2.24) is 15.0 Å². The Kier molecular flexibility index (Phi) is 4.29. The van der Waals surface area contributed by atoms with E-state index in [-0.39, 0.29) is 0 Å². The largest absolute Gasteiger partial charge is 0.357 e. The van der Waals surface area contributed by atoms with E-state index < -0.39 is 0 Å². The van der Waals surface area contributed by atoms with Gasteiger partial charge in [-0.05, 0) is 30.3 Å². The summed E-state index contributed by atoms with van der Waals surface area (Å²) in [5.41, 5.74) is 2.70. The third-order valence-electron chi connectivity index (χ3n) is 3.00. The van der Waals surface area contributed by atoms with Crippen molar-refractivity contribution >= 4 is 33.4 Å². The predicted molar refractivity (Wildman–Crippen MR) is 92.2 cm³/mol. The molecule has 22 heavy (non-hydrogen) atoms. The van der Waals surface area contributed by atoms with Gasteiger partial charge in [0.15, 0.2) is 0 Å². The zero-order valence-electron chi connectivity index (χ0n) is 11.9. The second-order valence-electron chi connectivity index (χ2n) is 4.59. The summed E-state index contributed by atoms with van der Waals surface area (Å²) in [5.74, 6) is 1.27. The van der Waals surface area contributed by atoms with Gasteiger partial charge >= 0.3 is 0 Å². The maximum absolute atomic E-state index is 4.47. The summed E-state index contributed by atoms with van der Waals surface area (Å²) in [6.07, 6.45) is 3.52. The van der Waals surface area contributed by atoms with E-state index in [0.717, 1.165) is 27.2 Å². The summed E-state index contributed by atoms with van der Waals surface area (Å²) in [7, 11) is 1.80. The van der Waals surface area contributed by atoms with Crippen LogP contribution in [0.3, 0.4) is 0 Å². The molecular formula is C16H14BrN5. The smallest absolute Gasteiger partial charge is 0.224 e. The van der Waals surface area contributed by atoms with Gasteiger partial charge in [0, 0.05) is 41.2 Å². The van der Waals surface area contributed by atoms with Crippen LogP contribution in [0.15, 0.2) is 59.3 Å². The molecule has 0 atom stereocenters. The van der Waals surface area contributed by atoms with Crippen LogP contribution in [0, 0.1) is 0 Å². The Morgan fingerprint density at radius 2 is 1.95 bits per heavy atom. The van der Waals surface area contributed by atoms with Crippen molar-refractivity contribution in [3.05, 3.63) is 59.3 Å². The average molecular weight is 356 g/mol. The van der Waals surface area contributed by atoms with Crippen molar-refractivity contribution in [2.24, 2.45) is 0 Å². The Morgan fingerprint density at radius 1 is 1.05 bits per heavy atom. The molecule has 0 saturated carbocycles. The normalized spacial score (nSPS) is 10.3. The molecular weight excluding hydrogens is 342 g/mol. The van der Waals surface area contributed by atoms with Crippen LogP contribution in [0.4, 0.5) is 17.5 Å². The number of hydrogen-bond donors (Lipinski definition) is 2. The SMILES string of the molecule is CNc1nc(Nc2cccc(Br)c2)cc(-c2cccnc2)n1. The first kappa shape index (κ1) is 14.5. The topological polar surface area (TPSA) is 62.7 Å². The highest BCUT2D eigenvalue weighted by atomic mass is 79.9. The van der Waals surface area contributed by atoms with E-state index in [9.17, 15) is 0 Å². The van der Waals surface area contributed by atoms with E-state index in [1.54, 1.807) is 19.4 Å². The van der Waals surface area contributed by atoms with E-state index in [4.69, 9.17) is 0 Å². The van der Waals surface area contributed by atoms with Crippen LogP contribution in [0.1, 0.15) is 0 Å². The van der Waals surface area contributed by atoms with Crippen LogP contribution in [0.2, 0.25) is 0 Å². The fourth-order valence-corrected chi connectivity index (χ4v) is 2.40. The Balaban J connectivity index is 1.97. The molecule has 2 heterocycles. The standard InChI is InChI=1S/C16H14BrN5/c1-18-16-21-14(11-4-3-7-19-10-11)9-15(22-16)20-13-6-2-5-12(17)8-13/h2-10H,1H3,(H2,18,20,21,22). The summed E-state index contributed by atoms with van der Waals surface area (Å²) in [5, 5.41) is 6.27. The molecule has 0 unspecified atom stereocenters. The molecule has 0 fully saturated rings. The highest BCUT2D eigenvalue weighted by molar-refractivity contribution is 9.10. The molecule has 6 heteroatoms. The number of nitrogens with zero attached hydrogens (tertiary/aromatic N) is 3. The summed E-state index contributed by atoms with van der Waals surface area (Å²) in [4.78, 5) is 13.0. The molecule has 2 aromatic heterocycles. The van der Waals surface area contributed by atoms with Gasteiger partial charge < -0.3 is 10.6 Å². The second-order valence-corrected chi connectivity index (χ2v) is 5.50. The van der Waals surface area contributed by atoms with E-state index in [0.29, 0.717) is 5.95 Å². The molecule has 0 aliphatic rings. The van der Waals surface area contributed by atoms with Crippen LogP contribution < -0.4 is 10.6 Å². The van der Waals surface area contributed by atoms with E-state index in [1.165, 1.54) is 0 Å². The van der Waals surface area contributed by atoms with Crippen molar-refractivity contribution < 1.29 is 0 Å². The average Bonchev–Trinajstić information content (AvgIpc) is 2.55. The molecule has 5 nitrogen and oxygen atoms in total. The number of nitrogens with one attached hydrogen (secondary N) is 2. The van der Waals surface area contributed by atoms with Crippen LogP contribution in [0.25, 0.3) is 11.3 Å². The maximum Gasteiger partial charge on any atom is 0.224 e. The number of aromatic nitrogens is 3. The molecule has 0 radical (unpaired) electrons. The third kappa shape index (κ3) is 3.40. The summed E-state index contributed by atoms with van der Waals surface area (Å²) >= 11 is 3.46. The minimum Gasteiger partial charge on any atom is -0.357 e. The highest BCUT2D eigenvalue weighted by Crippen LogP contribution is 2.24. The molecule has 0 amide bonds. The minimum absolute atomic E-state index is 0.554. The third-order valence-corrected chi connectivity index (χ3v) is 3.50.